The van der Waals surface area contributed by atoms with Crippen molar-refractivity contribution in [2.45, 2.75) is 30.7 Å². The van der Waals surface area contributed by atoms with Crippen LogP contribution in [0.15, 0.2) is 84.0 Å². The van der Waals surface area contributed by atoms with Crippen LogP contribution in [0.3, 0.4) is 0 Å². The summed E-state index contributed by atoms with van der Waals surface area (Å²) >= 11 is 1.28. The zero-order valence-corrected chi connectivity index (χ0v) is 20.4. The summed E-state index contributed by atoms with van der Waals surface area (Å²) in [5.74, 6) is 0.269. The van der Waals surface area contributed by atoms with Crippen molar-refractivity contribution in [2.24, 2.45) is 0 Å². The topological polar surface area (TPSA) is 120 Å². The Morgan fingerprint density at radius 1 is 1.00 bits per heavy atom. The number of aromatic nitrogens is 3. The summed E-state index contributed by atoms with van der Waals surface area (Å²) in [4.78, 5) is 35.2. The minimum atomic E-state index is -0.464. The number of thioether (sulfide) groups is 1. The lowest BCUT2D eigenvalue weighted by Crippen LogP contribution is -2.25. The molecule has 1 atom stereocenters. The smallest absolute Gasteiger partial charge is 0.269 e. The van der Waals surface area contributed by atoms with E-state index >= 15 is 0 Å². The first-order chi connectivity index (χ1) is 17.4. The van der Waals surface area contributed by atoms with Crippen LogP contribution < -0.4 is 5.32 Å². The molecule has 182 valence electrons. The van der Waals surface area contributed by atoms with Gasteiger partial charge in [-0.05, 0) is 61.9 Å². The molecule has 0 saturated heterocycles. The van der Waals surface area contributed by atoms with Gasteiger partial charge in [-0.25, -0.2) is 0 Å². The Hall–Kier alpha value is -4.31. The fraction of sp³-hybridized carbons (Fsp3) is 0.154. The van der Waals surface area contributed by atoms with Crippen molar-refractivity contribution in [3.8, 4) is 17.1 Å². The molecule has 1 N–H and O–H groups in total. The van der Waals surface area contributed by atoms with Crippen molar-refractivity contribution in [1.82, 2.24) is 14.8 Å². The first-order valence-corrected chi connectivity index (χ1v) is 12.1. The van der Waals surface area contributed by atoms with E-state index in [1.807, 2.05) is 41.8 Å². The molecule has 4 aromatic rings. The number of hydrogen-bond donors (Lipinski definition) is 1. The molecule has 0 fully saturated rings. The molecule has 0 aliphatic carbocycles. The van der Waals surface area contributed by atoms with E-state index in [9.17, 15) is 19.7 Å². The van der Waals surface area contributed by atoms with E-state index in [1.165, 1.54) is 30.8 Å². The lowest BCUT2D eigenvalue weighted by molar-refractivity contribution is -0.384. The summed E-state index contributed by atoms with van der Waals surface area (Å²) in [5, 5.41) is 22.7. The van der Waals surface area contributed by atoms with Gasteiger partial charge in [0.2, 0.25) is 5.91 Å². The van der Waals surface area contributed by atoms with Crippen molar-refractivity contribution in [3.05, 3.63) is 94.5 Å². The minimum Gasteiger partial charge on any atom is -0.325 e. The monoisotopic (exact) mass is 501 g/mol. The molecule has 0 spiro atoms. The molecule has 0 saturated carbocycles. The van der Waals surface area contributed by atoms with Gasteiger partial charge in [0, 0.05) is 34.6 Å². The number of benzene rings is 3. The molecule has 0 aliphatic rings. The average Bonchev–Trinajstić information content (AvgIpc) is 3.31. The molecule has 0 aliphatic heterocycles. The number of Topliss-reactive ketones (excluding diaryl/α,β-unsaturated/α-hetero) is 1. The van der Waals surface area contributed by atoms with Gasteiger partial charge in [0.05, 0.1) is 10.2 Å². The van der Waals surface area contributed by atoms with E-state index in [1.54, 1.807) is 36.4 Å². The molecule has 0 bridgehead atoms. The second-order valence-electron chi connectivity index (χ2n) is 7.92. The first kappa shape index (κ1) is 24.8. The van der Waals surface area contributed by atoms with Crippen molar-refractivity contribution in [1.29, 1.82) is 0 Å². The fourth-order valence-corrected chi connectivity index (χ4v) is 4.51. The van der Waals surface area contributed by atoms with E-state index in [4.69, 9.17) is 0 Å². The highest BCUT2D eigenvalue weighted by Crippen LogP contribution is 2.32. The third kappa shape index (κ3) is 5.49. The summed E-state index contributed by atoms with van der Waals surface area (Å²) in [6.07, 6.45) is 0.538. The predicted octanol–water partition coefficient (Wildman–Crippen LogP) is 5.55. The molecule has 10 heteroatoms. The van der Waals surface area contributed by atoms with E-state index < -0.39 is 10.2 Å². The molecule has 9 nitrogen and oxygen atoms in total. The van der Waals surface area contributed by atoms with Crippen molar-refractivity contribution < 1.29 is 14.5 Å². The summed E-state index contributed by atoms with van der Waals surface area (Å²) in [6, 6.07) is 22.3. The zero-order chi connectivity index (χ0) is 25.7. The Kier molecular flexibility index (Phi) is 7.55. The van der Waals surface area contributed by atoms with Gasteiger partial charge >= 0.3 is 0 Å². The zero-order valence-electron chi connectivity index (χ0n) is 19.6. The Morgan fingerprint density at radius 2 is 1.67 bits per heavy atom. The number of hydrogen-bond acceptors (Lipinski definition) is 7. The van der Waals surface area contributed by atoms with Crippen LogP contribution in [0, 0.1) is 10.1 Å². The van der Waals surface area contributed by atoms with Gasteiger partial charge in [0.1, 0.15) is 0 Å². The van der Waals surface area contributed by atoms with Crippen LogP contribution in [0.5, 0.6) is 0 Å². The lowest BCUT2D eigenvalue weighted by atomic mass is 10.1. The summed E-state index contributed by atoms with van der Waals surface area (Å²) in [6.45, 7) is 3.40. The van der Waals surface area contributed by atoms with E-state index in [0.717, 1.165) is 5.69 Å². The molecule has 1 heterocycles. The minimum absolute atomic E-state index is 0.0156. The molecule has 1 aromatic heterocycles. The Labute approximate surface area is 211 Å². The molecular weight excluding hydrogens is 478 g/mol. The highest BCUT2D eigenvalue weighted by Gasteiger charge is 2.24. The van der Waals surface area contributed by atoms with Crippen LogP contribution in [-0.2, 0) is 4.79 Å². The highest BCUT2D eigenvalue weighted by molar-refractivity contribution is 8.00. The standard InChI is InChI=1S/C26H23N5O4S/c1-3-23(25(33)27-20-13-9-18(10-14-20)17(2)32)36-26-29-28-24(30(26)21-7-5-4-6-8-21)19-11-15-22(16-12-19)31(34)35/h4-16,23H,3H2,1-2H3,(H,27,33). The van der Waals surface area contributed by atoms with Crippen LogP contribution in [0.4, 0.5) is 11.4 Å². The van der Waals surface area contributed by atoms with Crippen LogP contribution >= 0.6 is 11.8 Å². The lowest BCUT2D eigenvalue weighted by Gasteiger charge is -2.16. The molecule has 4 rings (SSSR count). The van der Waals surface area contributed by atoms with Gasteiger partial charge in [-0.15, -0.1) is 10.2 Å². The number of rotatable bonds is 9. The fourth-order valence-electron chi connectivity index (χ4n) is 3.54. The number of nitrogens with one attached hydrogen (secondary N) is 1. The number of non-ortho nitro benzene ring substituents is 1. The summed E-state index contributed by atoms with van der Waals surface area (Å²) in [7, 11) is 0. The number of amides is 1. The molecule has 3 aromatic carbocycles. The van der Waals surface area contributed by atoms with Gasteiger partial charge in [0.25, 0.3) is 5.69 Å². The second-order valence-corrected chi connectivity index (χ2v) is 9.09. The quantitative estimate of drug-likeness (QED) is 0.138. The van der Waals surface area contributed by atoms with Gasteiger partial charge in [0.15, 0.2) is 16.8 Å². The number of nitro benzene ring substituents is 1. The normalized spacial score (nSPS) is 11.6. The number of ketones is 1. The Bertz CT molecular complexity index is 1390. The second kappa shape index (κ2) is 11.0. The number of anilines is 1. The molecule has 36 heavy (non-hydrogen) atoms. The number of nitro groups is 1. The molecular formula is C26H23N5O4S. The third-order valence-corrected chi connectivity index (χ3v) is 6.76. The van der Waals surface area contributed by atoms with E-state index in [2.05, 4.69) is 15.5 Å². The maximum atomic E-state index is 13.1. The maximum Gasteiger partial charge on any atom is 0.269 e. The Balaban J connectivity index is 1.63. The average molecular weight is 502 g/mol. The third-order valence-electron chi connectivity index (χ3n) is 5.45. The number of para-hydroxylation sites is 1. The van der Waals surface area contributed by atoms with Crippen LogP contribution in [0.1, 0.15) is 30.6 Å². The van der Waals surface area contributed by atoms with Gasteiger partial charge in [-0.1, -0.05) is 36.9 Å². The van der Waals surface area contributed by atoms with Gasteiger partial charge in [-0.2, -0.15) is 0 Å². The van der Waals surface area contributed by atoms with Crippen LogP contribution in [-0.4, -0.2) is 36.6 Å². The summed E-state index contributed by atoms with van der Waals surface area (Å²) in [5.41, 5.74) is 2.61. The van der Waals surface area contributed by atoms with Crippen molar-refractivity contribution in [3.63, 3.8) is 0 Å². The molecule has 0 radical (unpaired) electrons. The predicted molar refractivity (Wildman–Crippen MR) is 138 cm³/mol. The van der Waals surface area contributed by atoms with E-state index in [-0.39, 0.29) is 17.4 Å². The van der Waals surface area contributed by atoms with E-state index in [0.29, 0.717) is 34.2 Å². The van der Waals surface area contributed by atoms with Gasteiger partial charge < -0.3 is 5.32 Å². The van der Waals surface area contributed by atoms with Crippen molar-refractivity contribution in [2.75, 3.05) is 5.32 Å². The number of carbonyl (C=O) groups is 2. The van der Waals surface area contributed by atoms with Crippen LogP contribution in [0.2, 0.25) is 0 Å². The number of carbonyl (C=O) groups excluding carboxylic acids is 2. The SMILES string of the molecule is CCC(Sc1nnc(-c2ccc([N+](=O)[O-])cc2)n1-c1ccccc1)C(=O)Nc1ccc(C(C)=O)cc1. The summed E-state index contributed by atoms with van der Waals surface area (Å²) < 4.78 is 1.84. The molecule has 1 unspecified atom stereocenters. The van der Waals surface area contributed by atoms with Crippen LogP contribution in [0.25, 0.3) is 17.1 Å². The number of nitrogens with zero attached hydrogens (tertiary/aromatic N) is 4. The molecule has 1 amide bonds. The Morgan fingerprint density at radius 3 is 2.25 bits per heavy atom. The largest absolute Gasteiger partial charge is 0.325 e. The van der Waals surface area contributed by atoms with Crippen molar-refractivity contribution >= 4 is 34.8 Å². The highest BCUT2D eigenvalue weighted by atomic mass is 32.2. The maximum absolute atomic E-state index is 13.1. The van der Waals surface area contributed by atoms with Gasteiger partial charge in [-0.3, -0.25) is 24.3 Å². The first-order valence-electron chi connectivity index (χ1n) is 11.2.